The summed E-state index contributed by atoms with van der Waals surface area (Å²) in [5.41, 5.74) is 2.04. The zero-order chi connectivity index (χ0) is 11.2. The molecule has 0 unspecified atom stereocenters. The summed E-state index contributed by atoms with van der Waals surface area (Å²) in [6.07, 6.45) is 7.44. The molecule has 1 aromatic heterocycles. The summed E-state index contributed by atoms with van der Waals surface area (Å²) in [5, 5.41) is 0. The van der Waals surface area contributed by atoms with Crippen LogP contribution in [0.2, 0.25) is 0 Å². The Morgan fingerprint density at radius 3 is 2.75 bits per heavy atom. The summed E-state index contributed by atoms with van der Waals surface area (Å²) in [6, 6.07) is 12.0. The number of benzene rings is 1. The van der Waals surface area contributed by atoms with Gasteiger partial charge in [0.2, 0.25) is 0 Å². The van der Waals surface area contributed by atoms with Gasteiger partial charge in [0.1, 0.15) is 0 Å². The van der Waals surface area contributed by atoms with Gasteiger partial charge in [0, 0.05) is 23.5 Å². The van der Waals surface area contributed by atoms with E-state index in [2.05, 4.69) is 28.4 Å². The van der Waals surface area contributed by atoms with Gasteiger partial charge in [-0.3, -0.25) is 9.98 Å². The summed E-state index contributed by atoms with van der Waals surface area (Å²) in [4.78, 5) is 9.61. The van der Waals surface area contributed by atoms with Gasteiger partial charge < -0.3 is 0 Å². The molecule has 0 aliphatic carbocycles. The molecule has 1 heterocycles. The zero-order valence-corrected chi connectivity index (χ0v) is 9.82. The molecule has 2 rings (SSSR count). The number of thioether (sulfide) groups is 1. The highest BCUT2D eigenvalue weighted by atomic mass is 32.2. The standard InChI is InChI=1S/C13H12N2S/c1-16-13-4-2-3-12(9-13)15-10-11-5-7-14-8-6-11/h2-10H,1H3. The van der Waals surface area contributed by atoms with Gasteiger partial charge in [0.05, 0.1) is 5.69 Å². The average Bonchev–Trinajstić information content (AvgIpc) is 2.38. The lowest BCUT2D eigenvalue weighted by molar-refractivity contribution is 1.32. The molecule has 0 saturated heterocycles. The zero-order valence-electron chi connectivity index (χ0n) is 9.00. The van der Waals surface area contributed by atoms with E-state index in [0.29, 0.717) is 0 Å². The predicted octanol–water partition coefficient (Wildman–Crippen LogP) is 3.55. The molecular weight excluding hydrogens is 216 g/mol. The quantitative estimate of drug-likeness (QED) is 0.593. The first-order chi connectivity index (χ1) is 7.88. The van der Waals surface area contributed by atoms with Crippen molar-refractivity contribution in [2.45, 2.75) is 4.90 Å². The molecule has 3 heteroatoms. The second-order valence-electron chi connectivity index (χ2n) is 3.24. The Hall–Kier alpha value is -1.61. The molecule has 0 spiro atoms. The second kappa shape index (κ2) is 5.47. The molecule has 80 valence electrons. The predicted molar refractivity (Wildman–Crippen MR) is 69.7 cm³/mol. The van der Waals surface area contributed by atoms with Crippen LogP contribution in [0.3, 0.4) is 0 Å². The van der Waals surface area contributed by atoms with Crippen LogP contribution < -0.4 is 0 Å². The third-order valence-electron chi connectivity index (χ3n) is 2.12. The van der Waals surface area contributed by atoms with Gasteiger partial charge in [-0.25, -0.2) is 0 Å². The number of aliphatic imine (C=N–C) groups is 1. The van der Waals surface area contributed by atoms with Crippen molar-refractivity contribution in [1.82, 2.24) is 4.98 Å². The van der Waals surface area contributed by atoms with E-state index in [9.17, 15) is 0 Å². The van der Waals surface area contributed by atoms with E-state index in [1.165, 1.54) is 4.90 Å². The van der Waals surface area contributed by atoms with E-state index in [4.69, 9.17) is 0 Å². The Balaban J connectivity index is 2.17. The molecule has 16 heavy (non-hydrogen) atoms. The molecule has 0 fully saturated rings. The maximum absolute atomic E-state index is 4.42. The number of hydrogen-bond donors (Lipinski definition) is 0. The van der Waals surface area contributed by atoms with Crippen LogP contribution in [0.5, 0.6) is 0 Å². The molecule has 0 bridgehead atoms. The van der Waals surface area contributed by atoms with Crippen molar-refractivity contribution in [3.63, 3.8) is 0 Å². The van der Waals surface area contributed by atoms with Gasteiger partial charge in [0.25, 0.3) is 0 Å². The average molecular weight is 228 g/mol. The highest BCUT2D eigenvalue weighted by molar-refractivity contribution is 7.98. The normalized spacial score (nSPS) is 10.8. The molecule has 0 saturated carbocycles. The molecule has 0 amide bonds. The summed E-state index contributed by atoms with van der Waals surface area (Å²) in [5.74, 6) is 0. The van der Waals surface area contributed by atoms with Crippen molar-refractivity contribution in [1.29, 1.82) is 0 Å². The third-order valence-corrected chi connectivity index (χ3v) is 2.85. The topological polar surface area (TPSA) is 25.2 Å². The molecule has 2 aromatic rings. The first-order valence-electron chi connectivity index (χ1n) is 4.96. The fourth-order valence-electron chi connectivity index (χ4n) is 1.29. The first kappa shape index (κ1) is 10.9. The van der Waals surface area contributed by atoms with Crippen LogP contribution in [-0.2, 0) is 0 Å². The molecule has 2 nitrogen and oxygen atoms in total. The van der Waals surface area contributed by atoms with Crippen molar-refractivity contribution in [2.75, 3.05) is 6.26 Å². The highest BCUT2D eigenvalue weighted by Gasteiger charge is 1.91. The molecule has 1 aromatic carbocycles. The van der Waals surface area contributed by atoms with E-state index in [-0.39, 0.29) is 0 Å². The Bertz CT molecular complexity index is 480. The number of hydrogen-bond acceptors (Lipinski definition) is 3. The van der Waals surface area contributed by atoms with Crippen LogP contribution in [-0.4, -0.2) is 17.5 Å². The number of aromatic nitrogens is 1. The number of nitrogens with zero attached hydrogens (tertiary/aromatic N) is 2. The summed E-state index contributed by atoms with van der Waals surface area (Å²) in [7, 11) is 0. The molecule has 0 aliphatic rings. The SMILES string of the molecule is CSc1cccc(N=Cc2ccncc2)c1. The molecule has 0 atom stereocenters. The van der Waals surface area contributed by atoms with Gasteiger partial charge in [-0.1, -0.05) is 6.07 Å². The number of rotatable bonds is 3. The van der Waals surface area contributed by atoms with Crippen LogP contribution in [0.25, 0.3) is 0 Å². The highest BCUT2D eigenvalue weighted by Crippen LogP contribution is 2.20. The summed E-state index contributed by atoms with van der Waals surface area (Å²) >= 11 is 1.72. The lowest BCUT2D eigenvalue weighted by Crippen LogP contribution is -1.80. The maximum Gasteiger partial charge on any atom is 0.0641 e. The van der Waals surface area contributed by atoms with E-state index in [1.807, 2.05) is 30.5 Å². The van der Waals surface area contributed by atoms with E-state index in [1.54, 1.807) is 24.2 Å². The van der Waals surface area contributed by atoms with Crippen molar-refractivity contribution in [2.24, 2.45) is 4.99 Å². The minimum absolute atomic E-state index is 0.976. The van der Waals surface area contributed by atoms with Gasteiger partial charge in [0.15, 0.2) is 0 Å². The first-order valence-corrected chi connectivity index (χ1v) is 6.19. The molecular formula is C13H12N2S. The Morgan fingerprint density at radius 2 is 2.00 bits per heavy atom. The minimum Gasteiger partial charge on any atom is -0.265 e. The summed E-state index contributed by atoms with van der Waals surface area (Å²) in [6.45, 7) is 0. The van der Waals surface area contributed by atoms with Crippen molar-refractivity contribution in [3.05, 3.63) is 54.4 Å². The fourth-order valence-corrected chi connectivity index (χ4v) is 1.74. The minimum atomic E-state index is 0.976. The van der Waals surface area contributed by atoms with Crippen LogP contribution in [0.4, 0.5) is 5.69 Å². The molecule has 0 aliphatic heterocycles. The van der Waals surface area contributed by atoms with Gasteiger partial charge in [-0.05, 0) is 42.2 Å². The lowest BCUT2D eigenvalue weighted by atomic mass is 10.3. The van der Waals surface area contributed by atoms with Gasteiger partial charge in [-0.2, -0.15) is 0 Å². The lowest BCUT2D eigenvalue weighted by Gasteiger charge is -1.97. The second-order valence-corrected chi connectivity index (χ2v) is 4.12. The number of pyridine rings is 1. The van der Waals surface area contributed by atoms with Crippen LogP contribution in [0.15, 0.2) is 58.7 Å². The molecule has 0 N–H and O–H groups in total. The van der Waals surface area contributed by atoms with Crippen molar-refractivity contribution < 1.29 is 0 Å². The Labute approximate surface area is 99.5 Å². The van der Waals surface area contributed by atoms with Crippen LogP contribution >= 0.6 is 11.8 Å². The Kier molecular flexibility index (Phi) is 3.72. The monoisotopic (exact) mass is 228 g/mol. The van der Waals surface area contributed by atoms with E-state index >= 15 is 0 Å². The van der Waals surface area contributed by atoms with Crippen molar-refractivity contribution >= 4 is 23.7 Å². The fraction of sp³-hybridized carbons (Fsp3) is 0.0769. The smallest absolute Gasteiger partial charge is 0.0641 e. The largest absolute Gasteiger partial charge is 0.265 e. The van der Waals surface area contributed by atoms with Gasteiger partial charge in [-0.15, -0.1) is 11.8 Å². The van der Waals surface area contributed by atoms with Crippen molar-refractivity contribution in [3.8, 4) is 0 Å². The van der Waals surface area contributed by atoms with Crippen LogP contribution in [0, 0.1) is 0 Å². The van der Waals surface area contributed by atoms with E-state index in [0.717, 1.165) is 11.3 Å². The van der Waals surface area contributed by atoms with Crippen LogP contribution in [0.1, 0.15) is 5.56 Å². The Morgan fingerprint density at radius 1 is 1.19 bits per heavy atom. The summed E-state index contributed by atoms with van der Waals surface area (Å²) < 4.78 is 0. The van der Waals surface area contributed by atoms with E-state index < -0.39 is 0 Å². The van der Waals surface area contributed by atoms with Gasteiger partial charge >= 0.3 is 0 Å². The third kappa shape index (κ3) is 2.94. The maximum atomic E-state index is 4.42. The molecule has 0 radical (unpaired) electrons.